The fourth-order valence-electron chi connectivity index (χ4n) is 3.28. The van der Waals surface area contributed by atoms with Crippen LogP contribution in [0.4, 0.5) is 4.79 Å². The van der Waals surface area contributed by atoms with Crippen LogP contribution in [-0.2, 0) is 9.53 Å². The Bertz CT molecular complexity index is 697. The molecule has 2 amide bonds. The Morgan fingerprint density at radius 2 is 1.92 bits per heavy atom. The van der Waals surface area contributed by atoms with Gasteiger partial charge < -0.3 is 14.5 Å². The van der Waals surface area contributed by atoms with E-state index in [4.69, 9.17) is 4.74 Å². The molecule has 8 nitrogen and oxygen atoms in total. The fourth-order valence-corrected chi connectivity index (χ4v) is 3.28. The van der Waals surface area contributed by atoms with Crippen molar-refractivity contribution in [3.63, 3.8) is 0 Å². The number of amides is 2. The van der Waals surface area contributed by atoms with E-state index < -0.39 is 5.60 Å². The smallest absolute Gasteiger partial charge is 0.410 e. The number of aryl methyl sites for hydroxylation is 1. The number of hydrogen-bond donors (Lipinski definition) is 0. The Labute approximate surface area is 147 Å². The van der Waals surface area contributed by atoms with Crippen LogP contribution in [0.2, 0.25) is 0 Å². The minimum absolute atomic E-state index is 0.0181. The lowest BCUT2D eigenvalue weighted by Gasteiger charge is -2.47. The second-order valence-corrected chi connectivity index (χ2v) is 7.93. The molecule has 2 saturated heterocycles. The van der Waals surface area contributed by atoms with Crippen molar-refractivity contribution in [1.29, 1.82) is 0 Å². The largest absolute Gasteiger partial charge is 0.444 e. The molecule has 2 aliphatic heterocycles. The molecule has 8 heteroatoms. The molecular formula is C17H25N5O3. The summed E-state index contributed by atoms with van der Waals surface area (Å²) in [5, 5.41) is 4.11. The molecule has 0 radical (unpaired) electrons. The van der Waals surface area contributed by atoms with Gasteiger partial charge in [0.15, 0.2) is 0 Å². The first kappa shape index (κ1) is 17.4. The van der Waals surface area contributed by atoms with E-state index in [0.29, 0.717) is 32.0 Å². The van der Waals surface area contributed by atoms with Crippen molar-refractivity contribution in [2.24, 2.45) is 5.41 Å². The molecule has 1 aromatic rings. The van der Waals surface area contributed by atoms with E-state index in [0.717, 1.165) is 6.42 Å². The zero-order valence-corrected chi connectivity index (χ0v) is 15.2. The van der Waals surface area contributed by atoms with Gasteiger partial charge >= 0.3 is 6.09 Å². The molecule has 0 N–H and O–H groups in total. The monoisotopic (exact) mass is 347 g/mol. The highest BCUT2D eigenvalue weighted by Crippen LogP contribution is 2.40. The van der Waals surface area contributed by atoms with Gasteiger partial charge in [-0.25, -0.2) is 14.5 Å². The van der Waals surface area contributed by atoms with Crippen molar-refractivity contribution in [1.82, 2.24) is 24.6 Å². The lowest BCUT2D eigenvalue weighted by Crippen LogP contribution is -2.60. The van der Waals surface area contributed by atoms with Crippen LogP contribution in [0.25, 0.3) is 6.20 Å². The van der Waals surface area contributed by atoms with Crippen LogP contribution in [0.1, 0.15) is 33.0 Å². The molecule has 0 unspecified atom stereocenters. The zero-order valence-electron chi connectivity index (χ0n) is 15.2. The van der Waals surface area contributed by atoms with Gasteiger partial charge in [0.05, 0.1) is 0 Å². The number of aromatic nitrogens is 3. The summed E-state index contributed by atoms with van der Waals surface area (Å²) >= 11 is 0. The molecule has 0 bridgehead atoms. The Hall–Kier alpha value is -2.38. The predicted molar refractivity (Wildman–Crippen MR) is 91.5 cm³/mol. The van der Waals surface area contributed by atoms with E-state index in [1.54, 1.807) is 24.4 Å². The maximum Gasteiger partial charge on any atom is 0.410 e. The van der Waals surface area contributed by atoms with E-state index in [9.17, 15) is 9.59 Å². The summed E-state index contributed by atoms with van der Waals surface area (Å²) in [6.07, 6.45) is 5.33. The quantitative estimate of drug-likeness (QED) is 0.758. The predicted octanol–water partition coefficient (Wildman–Crippen LogP) is 1.53. The molecule has 3 heterocycles. The van der Waals surface area contributed by atoms with Crippen LogP contribution < -0.4 is 0 Å². The van der Waals surface area contributed by atoms with Crippen molar-refractivity contribution in [3.8, 4) is 0 Å². The van der Waals surface area contributed by atoms with Crippen molar-refractivity contribution in [2.75, 3.05) is 26.2 Å². The lowest BCUT2D eigenvalue weighted by molar-refractivity contribution is -0.125. The van der Waals surface area contributed by atoms with Crippen LogP contribution in [0.5, 0.6) is 0 Å². The molecule has 3 rings (SSSR count). The number of likely N-dealkylation sites (tertiary alicyclic amines) is 2. The van der Waals surface area contributed by atoms with Gasteiger partial charge in [0.1, 0.15) is 17.8 Å². The van der Waals surface area contributed by atoms with Crippen LogP contribution in [-0.4, -0.2) is 68.3 Å². The van der Waals surface area contributed by atoms with Crippen molar-refractivity contribution < 1.29 is 14.3 Å². The average molecular weight is 347 g/mol. The van der Waals surface area contributed by atoms with E-state index in [1.165, 1.54) is 10.8 Å². The lowest BCUT2D eigenvalue weighted by atomic mass is 9.79. The van der Waals surface area contributed by atoms with E-state index in [2.05, 4.69) is 10.1 Å². The molecule has 1 spiro atoms. The van der Waals surface area contributed by atoms with Gasteiger partial charge in [0, 0.05) is 43.9 Å². The summed E-state index contributed by atoms with van der Waals surface area (Å²) in [6.45, 7) is 10.1. The summed E-state index contributed by atoms with van der Waals surface area (Å²) in [6, 6.07) is 0. The third-order valence-electron chi connectivity index (χ3n) is 4.45. The van der Waals surface area contributed by atoms with Crippen LogP contribution in [0.3, 0.4) is 0 Å². The SMILES string of the molecule is Cc1ncn(C=CC(=O)N2CCC3(C2)CN(C(=O)OC(C)(C)C)C3)n1. The van der Waals surface area contributed by atoms with Crippen LogP contribution in [0.15, 0.2) is 12.4 Å². The molecule has 2 fully saturated rings. The summed E-state index contributed by atoms with van der Waals surface area (Å²) < 4.78 is 6.91. The second kappa shape index (κ2) is 6.16. The van der Waals surface area contributed by atoms with Crippen LogP contribution in [0, 0.1) is 12.3 Å². The molecule has 2 aliphatic rings. The normalized spacial score (nSPS) is 19.5. The van der Waals surface area contributed by atoms with Gasteiger partial charge in [-0.1, -0.05) is 0 Å². The van der Waals surface area contributed by atoms with Gasteiger partial charge in [0.2, 0.25) is 5.91 Å². The molecule has 0 atom stereocenters. The van der Waals surface area contributed by atoms with E-state index in [-0.39, 0.29) is 17.4 Å². The van der Waals surface area contributed by atoms with Gasteiger partial charge in [-0.15, -0.1) is 0 Å². The molecular weight excluding hydrogens is 322 g/mol. The second-order valence-electron chi connectivity index (χ2n) is 7.93. The van der Waals surface area contributed by atoms with Crippen molar-refractivity contribution in [2.45, 2.75) is 39.7 Å². The third kappa shape index (κ3) is 4.00. The Kier molecular flexibility index (Phi) is 4.30. The first-order valence-electron chi connectivity index (χ1n) is 8.49. The first-order chi connectivity index (χ1) is 11.7. The Morgan fingerprint density at radius 3 is 2.52 bits per heavy atom. The highest BCUT2D eigenvalue weighted by Gasteiger charge is 2.50. The third-order valence-corrected chi connectivity index (χ3v) is 4.45. The topological polar surface area (TPSA) is 80.6 Å². The fraction of sp³-hybridized carbons (Fsp3) is 0.647. The minimum atomic E-state index is -0.484. The van der Waals surface area contributed by atoms with Gasteiger partial charge in [-0.3, -0.25) is 4.79 Å². The molecule has 0 aliphatic carbocycles. The highest BCUT2D eigenvalue weighted by molar-refractivity contribution is 5.90. The number of carbonyl (C=O) groups is 2. The maximum absolute atomic E-state index is 12.3. The Morgan fingerprint density at radius 1 is 1.24 bits per heavy atom. The van der Waals surface area contributed by atoms with Gasteiger partial charge in [-0.05, 0) is 34.1 Å². The summed E-state index contributed by atoms with van der Waals surface area (Å²) in [7, 11) is 0. The summed E-state index contributed by atoms with van der Waals surface area (Å²) in [5.41, 5.74) is -0.466. The molecule has 25 heavy (non-hydrogen) atoms. The molecule has 136 valence electrons. The van der Waals surface area contributed by atoms with Gasteiger partial charge in [0.25, 0.3) is 0 Å². The number of hydrogen-bond acceptors (Lipinski definition) is 5. The standard InChI is InChI=1S/C17H25N5O3/c1-13-18-12-22(19-13)7-5-14(23)20-8-6-17(9-20)10-21(11-17)15(24)25-16(2,3)4/h5,7,12H,6,8-11H2,1-4H3. The van der Waals surface area contributed by atoms with Gasteiger partial charge in [-0.2, -0.15) is 5.10 Å². The summed E-state index contributed by atoms with van der Waals surface area (Å²) in [4.78, 5) is 31.9. The zero-order chi connectivity index (χ0) is 18.2. The number of carbonyl (C=O) groups excluding carboxylic acids is 2. The minimum Gasteiger partial charge on any atom is -0.444 e. The Balaban J connectivity index is 1.50. The molecule has 0 aromatic carbocycles. The van der Waals surface area contributed by atoms with Crippen LogP contribution >= 0.6 is 0 Å². The first-order valence-corrected chi connectivity index (χ1v) is 8.49. The van der Waals surface area contributed by atoms with E-state index >= 15 is 0 Å². The number of nitrogens with zero attached hydrogens (tertiary/aromatic N) is 5. The van der Waals surface area contributed by atoms with Crippen molar-refractivity contribution >= 4 is 18.2 Å². The highest BCUT2D eigenvalue weighted by atomic mass is 16.6. The summed E-state index contributed by atoms with van der Waals surface area (Å²) in [5.74, 6) is 0.620. The molecule has 1 aromatic heterocycles. The molecule has 0 saturated carbocycles. The van der Waals surface area contributed by atoms with Crippen molar-refractivity contribution in [3.05, 3.63) is 18.2 Å². The van der Waals surface area contributed by atoms with E-state index in [1.807, 2.05) is 25.7 Å². The maximum atomic E-state index is 12.3. The number of ether oxygens (including phenoxy) is 1. The average Bonchev–Trinajstić information content (AvgIpc) is 3.07. The number of rotatable bonds is 2.